The van der Waals surface area contributed by atoms with E-state index < -0.39 is 0 Å². The SMILES string of the molecule is CCC(C(=O)N(CCCOC)CC(=O)N1CCc2sccc2C1c1ccc(F)cc1)c1ccccc1. The van der Waals surface area contributed by atoms with Crippen molar-refractivity contribution < 1.29 is 18.7 Å². The Kier molecular flexibility index (Phi) is 8.88. The Morgan fingerprint density at radius 1 is 1.14 bits per heavy atom. The summed E-state index contributed by atoms with van der Waals surface area (Å²) in [5.74, 6) is -0.756. The Bertz CT molecular complexity index is 1150. The van der Waals surface area contributed by atoms with Crippen molar-refractivity contribution in [1.29, 1.82) is 0 Å². The highest BCUT2D eigenvalue weighted by Crippen LogP contribution is 2.38. The number of amides is 2. The molecule has 0 saturated carbocycles. The number of hydrogen-bond donors (Lipinski definition) is 0. The maximum atomic E-state index is 13.8. The summed E-state index contributed by atoms with van der Waals surface area (Å²) in [5.41, 5.74) is 2.91. The van der Waals surface area contributed by atoms with E-state index in [9.17, 15) is 14.0 Å². The standard InChI is InChI=1S/C29H33FN2O3S/c1-3-24(21-8-5-4-6-9-21)29(34)31(16-7-18-35-2)20-27(33)32-17-14-26-25(15-19-36-26)28(32)22-10-12-23(30)13-11-22/h4-6,8-13,15,19,24,28H,3,7,14,16-18,20H2,1-2H3. The first-order chi connectivity index (χ1) is 17.5. The van der Waals surface area contributed by atoms with Crippen LogP contribution in [0, 0.1) is 5.82 Å². The lowest BCUT2D eigenvalue weighted by Gasteiger charge is -2.38. The molecule has 1 aromatic heterocycles. The van der Waals surface area contributed by atoms with Gasteiger partial charge < -0.3 is 14.5 Å². The number of carbonyl (C=O) groups is 2. The highest BCUT2D eigenvalue weighted by molar-refractivity contribution is 7.10. The molecule has 190 valence electrons. The van der Waals surface area contributed by atoms with Crippen LogP contribution in [0.3, 0.4) is 0 Å². The molecule has 2 unspecified atom stereocenters. The van der Waals surface area contributed by atoms with Crippen molar-refractivity contribution in [2.24, 2.45) is 0 Å². The Morgan fingerprint density at radius 2 is 1.89 bits per heavy atom. The van der Waals surface area contributed by atoms with Crippen LogP contribution in [0.15, 0.2) is 66.0 Å². The van der Waals surface area contributed by atoms with Crippen LogP contribution < -0.4 is 0 Å². The second-order valence-corrected chi connectivity index (χ2v) is 10.1. The van der Waals surface area contributed by atoms with Gasteiger partial charge in [-0.2, -0.15) is 0 Å². The zero-order valence-electron chi connectivity index (χ0n) is 20.9. The minimum Gasteiger partial charge on any atom is -0.385 e. The molecule has 0 fully saturated rings. The van der Waals surface area contributed by atoms with Crippen molar-refractivity contribution in [3.63, 3.8) is 0 Å². The third-order valence-electron chi connectivity index (χ3n) is 6.79. The fourth-order valence-corrected chi connectivity index (χ4v) is 5.87. The molecule has 0 bridgehead atoms. The number of ether oxygens (including phenoxy) is 1. The molecule has 0 aliphatic carbocycles. The maximum absolute atomic E-state index is 13.8. The van der Waals surface area contributed by atoms with Gasteiger partial charge in [-0.1, -0.05) is 49.4 Å². The van der Waals surface area contributed by atoms with Gasteiger partial charge in [0.25, 0.3) is 0 Å². The molecule has 0 saturated heterocycles. The van der Waals surface area contributed by atoms with Crippen molar-refractivity contribution in [3.05, 3.63) is 93.4 Å². The van der Waals surface area contributed by atoms with E-state index in [4.69, 9.17) is 4.74 Å². The third-order valence-corrected chi connectivity index (χ3v) is 7.79. The van der Waals surface area contributed by atoms with E-state index in [-0.39, 0.29) is 36.1 Å². The first kappa shape index (κ1) is 26.0. The van der Waals surface area contributed by atoms with Crippen LogP contribution in [0.1, 0.15) is 53.3 Å². The van der Waals surface area contributed by atoms with E-state index in [1.54, 1.807) is 35.5 Å². The van der Waals surface area contributed by atoms with E-state index in [0.29, 0.717) is 32.5 Å². The zero-order chi connectivity index (χ0) is 25.5. The molecule has 5 nitrogen and oxygen atoms in total. The lowest BCUT2D eigenvalue weighted by molar-refractivity contribution is -0.142. The predicted octanol–water partition coefficient (Wildman–Crippen LogP) is 5.42. The molecule has 0 spiro atoms. The highest BCUT2D eigenvalue weighted by atomic mass is 32.1. The molecule has 2 aromatic carbocycles. The number of hydrogen-bond acceptors (Lipinski definition) is 4. The van der Waals surface area contributed by atoms with Gasteiger partial charge in [0, 0.05) is 31.7 Å². The van der Waals surface area contributed by atoms with E-state index in [1.807, 2.05) is 47.5 Å². The van der Waals surface area contributed by atoms with Gasteiger partial charge in [0.1, 0.15) is 5.82 Å². The van der Waals surface area contributed by atoms with Gasteiger partial charge in [-0.05, 0) is 59.5 Å². The lowest BCUT2D eigenvalue weighted by Crippen LogP contribution is -2.48. The van der Waals surface area contributed by atoms with Gasteiger partial charge in [0.15, 0.2) is 0 Å². The molecule has 7 heteroatoms. The molecule has 36 heavy (non-hydrogen) atoms. The van der Waals surface area contributed by atoms with E-state index in [1.165, 1.54) is 17.0 Å². The Hall–Kier alpha value is -3.03. The van der Waals surface area contributed by atoms with Crippen LogP contribution in [0.25, 0.3) is 0 Å². The summed E-state index contributed by atoms with van der Waals surface area (Å²) in [6.45, 7) is 3.52. The van der Waals surface area contributed by atoms with Gasteiger partial charge in [-0.15, -0.1) is 11.3 Å². The van der Waals surface area contributed by atoms with E-state index in [0.717, 1.165) is 23.1 Å². The maximum Gasteiger partial charge on any atom is 0.242 e. The molecule has 0 N–H and O–H groups in total. The monoisotopic (exact) mass is 508 g/mol. The Balaban J connectivity index is 1.59. The average Bonchev–Trinajstić information content (AvgIpc) is 3.38. The number of nitrogens with zero attached hydrogens (tertiary/aromatic N) is 2. The fourth-order valence-electron chi connectivity index (χ4n) is 4.97. The molecule has 3 aromatic rings. The summed E-state index contributed by atoms with van der Waals surface area (Å²) in [4.78, 5) is 32.3. The first-order valence-corrected chi connectivity index (χ1v) is 13.3. The predicted molar refractivity (Wildman–Crippen MR) is 141 cm³/mol. The van der Waals surface area contributed by atoms with Crippen molar-refractivity contribution in [3.8, 4) is 0 Å². The van der Waals surface area contributed by atoms with Crippen LogP contribution in [-0.4, -0.2) is 55.0 Å². The largest absolute Gasteiger partial charge is 0.385 e. The molecule has 1 aliphatic heterocycles. The summed E-state index contributed by atoms with van der Waals surface area (Å²) in [7, 11) is 1.63. The topological polar surface area (TPSA) is 49.9 Å². The van der Waals surface area contributed by atoms with E-state index in [2.05, 4.69) is 6.07 Å². The normalized spacial score (nSPS) is 15.9. The summed E-state index contributed by atoms with van der Waals surface area (Å²) in [6.07, 6.45) is 2.07. The van der Waals surface area contributed by atoms with Crippen LogP contribution in [0.4, 0.5) is 4.39 Å². The number of rotatable bonds is 10. The molecule has 4 rings (SSSR count). The van der Waals surface area contributed by atoms with Crippen molar-refractivity contribution in [2.75, 3.05) is 33.4 Å². The molecule has 2 atom stereocenters. The van der Waals surface area contributed by atoms with Crippen LogP contribution >= 0.6 is 11.3 Å². The Morgan fingerprint density at radius 3 is 2.58 bits per heavy atom. The quantitative estimate of drug-likeness (QED) is 0.344. The van der Waals surface area contributed by atoms with Crippen molar-refractivity contribution >= 4 is 23.2 Å². The molecule has 0 radical (unpaired) electrons. The minimum absolute atomic E-state index is 0.00302. The number of thiophene rings is 1. The smallest absolute Gasteiger partial charge is 0.242 e. The average molecular weight is 509 g/mol. The lowest BCUT2D eigenvalue weighted by atomic mass is 9.93. The van der Waals surface area contributed by atoms with Crippen LogP contribution in [-0.2, 0) is 20.7 Å². The fraction of sp³-hybridized carbons (Fsp3) is 0.379. The number of halogens is 1. The van der Waals surface area contributed by atoms with Crippen LogP contribution in [0.5, 0.6) is 0 Å². The van der Waals surface area contributed by atoms with Gasteiger partial charge in [-0.3, -0.25) is 9.59 Å². The minimum atomic E-state index is -0.306. The first-order valence-electron chi connectivity index (χ1n) is 12.5. The number of fused-ring (bicyclic) bond motifs is 1. The van der Waals surface area contributed by atoms with Crippen molar-refractivity contribution in [1.82, 2.24) is 9.80 Å². The zero-order valence-corrected chi connectivity index (χ0v) is 21.7. The second-order valence-electron chi connectivity index (χ2n) is 9.07. The molecular formula is C29H33FN2O3S. The number of benzene rings is 2. The summed E-state index contributed by atoms with van der Waals surface area (Å²) < 4.78 is 18.9. The van der Waals surface area contributed by atoms with Gasteiger partial charge in [0.05, 0.1) is 18.5 Å². The van der Waals surface area contributed by atoms with Gasteiger partial charge in [-0.25, -0.2) is 4.39 Å². The van der Waals surface area contributed by atoms with Crippen molar-refractivity contribution in [2.45, 2.75) is 38.1 Å². The molecular weight excluding hydrogens is 475 g/mol. The number of methoxy groups -OCH3 is 1. The van der Waals surface area contributed by atoms with E-state index >= 15 is 0 Å². The second kappa shape index (κ2) is 12.3. The Labute approximate surface area is 216 Å². The molecule has 1 aliphatic rings. The summed E-state index contributed by atoms with van der Waals surface area (Å²) in [6, 6.07) is 17.9. The van der Waals surface area contributed by atoms with Crippen LogP contribution in [0.2, 0.25) is 0 Å². The summed E-state index contributed by atoms with van der Waals surface area (Å²) >= 11 is 1.69. The molecule has 2 amide bonds. The van der Waals surface area contributed by atoms with Gasteiger partial charge >= 0.3 is 0 Å². The number of carbonyl (C=O) groups excluding carboxylic acids is 2. The summed E-state index contributed by atoms with van der Waals surface area (Å²) in [5, 5.41) is 2.04. The third kappa shape index (κ3) is 5.85. The highest BCUT2D eigenvalue weighted by Gasteiger charge is 2.35. The molecule has 2 heterocycles. The van der Waals surface area contributed by atoms with Gasteiger partial charge in [0.2, 0.25) is 11.8 Å².